The molecule has 0 aliphatic heterocycles. The van der Waals surface area contributed by atoms with E-state index in [0.29, 0.717) is 6.04 Å². The molecule has 1 aromatic carbocycles. The number of rotatable bonds is 5. The summed E-state index contributed by atoms with van der Waals surface area (Å²) in [5.74, 6) is 0. The number of nitrogens with two attached hydrogens (primary N) is 1. The summed E-state index contributed by atoms with van der Waals surface area (Å²) < 4.78 is 6.26. The molecule has 1 unspecified atom stereocenters. The first kappa shape index (κ1) is 11.7. The molecule has 0 saturated heterocycles. The van der Waals surface area contributed by atoms with Crippen LogP contribution in [0.15, 0.2) is 28.7 Å². The summed E-state index contributed by atoms with van der Waals surface area (Å²) in [5.41, 5.74) is 1.33. The Bertz CT molecular complexity index is 278. The van der Waals surface area contributed by atoms with Crippen LogP contribution in [0.25, 0.3) is 0 Å². The van der Waals surface area contributed by atoms with Crippen molar-refractivity contribution in [3.63, 3.8) is 0 Å². The molecule has 0 spiro atoms. The monoisotopic (exact) mass is 258 g/mol. The van der Waals surface area contributed by atoms with E-state index in [-0.39, 0.29) is 0 Å². The molecule has 0 heterocycles. The minimum absolute atomic E-state index is 0.507. The highest BCUT2D eigenvalue weighted by Gasteiger charge is 2.05. The standard InChI is InChI=1S/C11H16BrNO/c1-9(8-14-2)13-7-10-5-3-4-6-11(10)12/h3-6,9,13H,7-8H2,1-2H3/p+1. The molecule has 0 aliphatic carbocycles. The van der Waals surface area contributed by atoms with E-state index < -0.39 is 0 Å². The molecule has 2 N–H and O–H groups in total. The Labute approximate surface area is 93.8 Å². The maximum Gasteiger partial charge on any atom is 0.107 e. The minimum atomic E-state index is 0.507. The fraction of sp³-hybridized carbons (Fsp3) is 0.455. The number of methoxy groups -OCH3 is 1. The van der Waals surface area contributed by atoms with Crippen molar-refractivity contribution in [3.8, 4) is 0 Å². The van der Waals surface area contributed by atoms with E-state index in [2.05, 4.69) is 46.4 Å². The van der Waals surface area contributed by atoms with Gasteiger partial charge in [0.1, 0.15) is 12.6 Å². The van der Waals surface area contributed by atoms with Crippen LogP contribution in [-0.4, -0.2) is 19.8 Å². The van der Waals surface area contributed by atoms with Crippen LogP contribution in [0.5, 0.6) is 0 Å². The summed E-state index contributed by atoms with van der Waals surface area (Å²) in [5, 5.41) is 2.28. The molecule has 0 amide bonds. The highest BCUT2D eigenvalue weighted by atomic mass is 79.9. The molecule has 1 aromatic rings. The summed E-state index contributed by atoms with van der Waals surface area (Å²) in [7, 11) is 1.74. The molecule has 2 nitrogen and oxygen atoms in total. The lowest BCUT2D eigenvalue weighted by Crippen LogP contribution is -2.88. The van der Waals surface area contributed by atoms with Crippen molar-refractivity contribution in [1.29, 1.82) is 0 Å². The number of hydrogen-bond acceptors (Lipinski definition) is 1. The van der Waals surface area contributed by atoms with Crippen LogP contribution in [0, 0.1) is 0 Å². The van der Waals surface area contributed by atoms with E-state index in [9.17, 15) is 0 Å². The van der Waals surface area contributed by atoms with Crippen molar-refractivity contribution in [2.75, 3.05) is 13.7 Å². The van der Waals surface area contributed by atoms with Crippen LogP contribution in [0.2, 0.25) is 0 Å². The van der Waals surface area contributed by atoms with E-state index in [1.807, 2.05) is 6.07 Å². The van der Waals surface area contributed by atoms with Crippen molar-refractivity contribution in [2.45, 2.75) is 19.5 Å². The van der Waals surface area contributed by atoms with Crippen LogP contribution in [-0.2, 0) is 11.3 Å². The van der Waals surface area contributed by atoms with Crippen molar-refractivity contribution in [3.05, 3.63) is 34.3 Å². The number of hydrogen-bond donors (Lipinski definition) is 1. The number of halogens is 1. The van der Waals surface area contributed by atoms with Crippen molar-refractivity contribution in [2.24, 2.45) is 0 Å². The first-order valence-corrected chi connectivity index (χ1v) is 5.59. The molecule has 0 aromatic heterocycles. The Balaban J connectivity index is 2.41. The van der Waals surface area contributed by atoms with E-state index in [4.69, 9.17) is 4.74 Å². The summed E-state index contributed by atoms with van der Waals surface area (Å²) in [6.07, 6.45) is 0. The number of ether oxygens (including phenoxy) is 1. The molecular weight excluding hydrogens is 242 g/mol. The van der Waals surface area contributed by atoms with Gasteiger partial charge >= 0.3 is 0 Å². The van der Waals surface area contributed by atoms with Gasteiger partial charge in [-0.05, 0) is 13.0 Å². The lowest BCUT2D eigenvalue weighted by atomic mass is 10.2. The molecule has 1 rings (SSSR count). The maximum absolute atomic E-state index is 5.08. The van der Waals surface area contributed by atoms with Crippen LogP contribution >= 0.6 is 15.9 Å². The third kappa shape index (κ3) is 3.78. The Morgan fingerprint density at radius 3 is 2.79 bits per heavy atom. The second-order valence-corrected chi connectivity index (χ2v) is 4.32. The minimum Gasteiger partial charge on any atom is -0.379 e. The van der Waals surface area contributed by atoms with Gasteiger partial charge in [0.2, 0.25) is 0 Å². The average molecular weight is 259 g/mol. The number of benzene rings is 1. The zero-order valence-electron chi connectivity index (χ0n) is 8.66. The van der Waals surface area contributed by atoms with Gasteiger partial charge in [-0.1, -0.05) is 34.1 Å². The van der Waals surface area contributed by atoms with E-state index in [1.54, 1.807) is 7.11 Å². The molecular formula is C11H17BrNO+. The lowest BCUT2D eigenvalue weighted by molar-refractivity contribution is -0.702. The summed E-state index contributed by atoms with van der Waals surface area (Å²) in [6, 6.07) is 8.82. The highest BCUT2D eigenvalue weighted by Crippen LogP contribution is 2.14. The van der Waals surface area contributed by atoms with Gasteiger partial charge in [-0.25, -0.2) is 0 Å². The van der Waals surface area contributed by atoms with Gasteiger partial charge in [-0.2, -0.15) is 0 Å². The summed E-state index contributed by atoms with van der Waals surface area (Å²) >= 11 is 3.53. The first-order chi connectivity index (χ1) is 6.74. The van der Waals surface area contributed by atoms with E-state index in [0.717, 1.165) is 13.2 Å². The van der Waals surface area contributed by atoms with Gasteiger partial charge in [0.15, 0.2) is 0 Å². The van der Waals surface area contributed by atoms with Gasteiger partial charge in [0.25, 0.3) is 0 Å². The number of quaternary nitrogens is 1. The van der Waals surface area contributed by atoms with Gasteiger partial charge in [0, 0.05) is 17.1 Å². The fourth-order valence-electron chi connectivity index (χ4n) is 1.32. The zero-order valence-corrected chi connectivity index (χ0v) is 10.3. The quantitative estimate of drug-likeness (QED) is 0.853. The van der Waals surface area contributed by atoms with Crippen molar-refractivity contribution < 1.29 is 10.1 Å². The summed E-state index contributed by atoms with van der Waals surface area (Å²) in [4.78, 5) is 0. The molecule has 0 radical (unpaired) electrons. The van der Waals surface area contributed by atoms with Crippen LogP contribution in [0.1, 0.15) is 12.5 Å². The van der Waals surface area contributed by atoms with Crippen LogP contribution in [0.4, 0.5) is 0 Å². The van der Waals surface area contributed by atoms with Crippen LogP contribution < -0.4 is 5.32 Å². The Morgan fingerprint density at radius 2 is 2.14 bits per heavy atom. The van der Waals surface area contributed by atoms with Gasteiger partial charge < -0.3 is 10.1 Å². The first-order valence-electron chi connectivity index (χ1n) is 4.79. The third-order valence-corrected chi connectivity index (χ3v) is 2.90. The third-order valence-electron chi connectivity index (χ3n) is 2.13. The Morgan fingerprint density at radius 1 is 1.43 bits per heavy atom. The van der Waals surface area contributed by atoms with Gasteiger partial charge in [-0.3, -0.25) is 0 Å². The molecule has 1 atom stereocenters. The second kappa shape index (κ2) is 6.17. The van der Waals surface area contributed by atoms with Gasteiger partial charge in [0.05, 0.1) is 6.61 Å². The summed E-state index contributed by atoms with van der Waals surface area (Å²) in [6.45, 7) is 3.96. The smallest absolute Gasteiger partial charge is 0.107 e. The Hall–Kier alpha value is -0.380. The lowest BCUT2D eigenvalue weighted by Gasteiger charge is -2.10. The van der Waals surface area contributed by atoms with E-state index in [1.165, 1.54) is 10.0 Å². The molecule has 0 saturated carbocycles. The average Bonchev–Trinajstić information content (AvgIpc) is 2.17. The largest absolute Gasteiger partial charge is 0.379 e. The second-order valence-electron chi connectivity index (χ2n) is 3.46. The fourth-order valence-corrected chi connectivity index (χ4v) is 1.77. The molecule has 14 heavy (non-hydrogen) atoms. The van der Waals surface area contributed by atoms with Crippen LogP contribution in [0.3, 0.4) is 0 Å². The zero-order chi connectivity index (χ0) is 10.4. The van der Waals surface area contributed by atoms with Gasteiger partial charge in [-0.15, -0.1) is 0 Å². The Kier molecular flexibility index (Phi) is 5.15. The predicted molar refractivity (Wildman–Crippen MR) is 61.1 cm³/mol. The molecule has 3 heteroatoms. The highest BCUT2D eigenvalue weighted by molar-refractivity contribution is 9.10. The SMILES string of the molecule is COCC(C)[NH2+]Cc1ccccc1Br. The molecule has 0 fully saturated rings. The topological polar surface area (TPSA) is 25.8 Å². The maximum atomic E-state index is 5.08. The molecule has 0 aliphatic rings. The molecule has 0 bridgehead atoms. The van der Waals surface area contributed by atoms with E-state index >= 15 is 0 Å². The predicted octanol–water partition coefficient (Wildman–Crippen LogP) is 1.55. The molecule has 78 valence electrons. The normalized spacial score (nSPS) is 12.8. The van der Waals surface area contributed by atoms with Crippen molar-refractivity contribution >= 4 is 15.9 Å². The van der Waals surface area contributed by atoms with Crippen molar-refractivity contribution in [1.82, 2.24) is 0 Å².